The highest BCUT2D eigenvalue weighted by Crippen LogP contribution is 2.28. The van der Waals surface area contributed by atoms with Crippen molar-refractivity contribution in [1.29, 1.82) is 0 Å². The summed E-state index contributed by atoms with van der Waals surface area (Å²) in [7, 11) is 0. The molecule has 1 heterocycles. The first-order valence-corrected chi connectivity index (χ1v) is 7.94. The van der Waals surface area contributed by atoms with Gasteiger partial charge in [-0.25, -0.2) is 4.98 Å². The minimum absolute atomic E-state index is 0.766. The van der Waals surface area contributed by atoms with Crippen LogP contribution in [0.25, 0.3) is 11.4 Å². The Kier molecular flexibility index (Phi) is 4.23. The summed E-state index contributed by atoms with van der Waals surface area (Å²) in [5, 5.41) is 10.7. The Hall–Kier alpha value is -1.84. The van der Waals surface area contributed by atoms with Crippen molar-refractivity contribution >= 4 is 5.69 Å². The molecule has 0 aliphatic heterocycles. The summed E-state index contributed by atoms with van der Waals surface area (Å²) in [5.41, 5.74) is 2.22. The van der Waals surface area contributed by atoms with Crippen molar-refractivity contribution in [2.24, 2.45) is 11.8 Å². The van der Waals surface area contributed by atoms with Crippen molar-refractivity contribution in [1.82, 2.24) is 15.2 Å². The number of aromatic amines is 1. The number of H-pyrrole nitrogens is 1. The molecule has 2 aromatic rings. The summed E-state index contributed by atoms with van der Waals surface area (Å²) in [6.45, 7) is 5.36. The summed E-state index contributed by atoms with van der Waals surface area (Å²) in [4.78, 5) is 4.39. The Balaban J connectivity index is 1.61. The van der Waals surface area contributed by atoms with Crippen molar-refractivity contribution in [3.63, 3.8) is 0 Å². The predicted molar refractivity (Wildman–Crippen MR) is 86.2 cm³/mol. The van der Waals surface area contributed by atoms with Crippen molar-refractivity contribution in [2.75, 3.05) is 11.9 Å². The lowest BCUT2D eigenvalue weighted by Crippen LogP contribution is -2.20. The van der Waals surface area contributed by atoms with Gasteiger partial charge in [-0.05, 0) is 43.7 Å². The van der Waals surface area contributed by atoms with Crippen LogP contribution in [0.2, 0.25) is 0 Å². The molecule has 4 heteroatoms. The summed E-state index contributed by atoms with van der Waals surface area (Å²) in [6.07, 6.45) is 5.47. The Labute approximate surface area is 126 Å². The number of hydrogen-bond acceptors (Lipinski definition) is 3. The van der Waals surface area contributed by atoms with Gasteiger partial charge in [-0.15, -0.1) is 0 Å². The van der Waals surface area contributed by atoms with Crippen LogP contribution in [0.1, 0.15) is 38.4 Å². The third-order valence-corrected chi connectivity index (χ3v) is 4.45. The molecule has 0 saturated heterocycles. The molecule has 1 fully saturated rings. The van der Waals surface area contributed by atoms with E-state index < -0.39 is 0 Å². The molecule has 0 radical (unpaired) electrons. The smallest absolute Gasteiger partial charge is 0.181 e. The maximum Gasteiger partial charge on any atom is 0.181 e. The van der Waals surface area contributed by atoms with Gasteiger partial charge in [0, 0.05) is 17.8 Å². The summed E-state index contributed by atoms with van der Waals surface area (Å²) < 4.78 is 0. The zero-order chi connectivity index (χ0) is 14.7. The van der Waals surface area contributed by atoms with Gasteiger partial charge in [0.25, 0.3) is 0 Å². The van der Waals surface area contributed by atoms with Crippen LogP contribution in [0, 0.1) is 18.8 Å². The molecule has 1 aliphatic carbocycles. The third-order valence-electron chi connectivity index (χ3n) is 4.45. The first-order chi connectivity index (χ1) is 10.2. The Morgan fingerprint density at radius 1 is 1.24 bits per heavy atom. The lowest BCUT2D eigenvalue weighted by atomic mass is 9.83. The topological polar surface area (TPSA) is 53.6 Å². The molecule has 1 aromatic heterocycles. The third kappa shape index (κ3) is 3.63. The van der Waals surface area contributed by atoms with Gasteiger partial charge in [-0.3, -0.25) is 5.10 Å². The van der Waals surface area contributed by atoms with Crippen LogP contribution in [-0.2, 0) is 0 Å². The number of hydrogen-bond donors (Lipinski definition) is 2. The number of aromatic nitrogens is 3. The van der Waals surface area contributed by atoms with Crippen LogP contribution < -0.4 is 5.32 Å². The summed E-state index contributed by atoms with van der Waals surface area (Å²) in [6, 6.07) is 8.37. The zero-order valence-electron chi connectivity index (χ0n) is 12.9. The van der Waals surface area contributed by atoms with E-state index in [4.69, 9.17) is 0 Å². The van der Waals surface area contributed by atoms with Crippen molar-refractivity contribution < 1.29 is 0 Å². The summed E-state index contributed by atoms with van der Waals surface area (Å²) >= 11 is 0. The minimum atomic E-state index is 0.766. The van der Waals surface area contributed by atoms with Gasteiger partial charge in [0.15, 0.2) is 5.82 Å². The lowest BCUT2D eigenvalue weighted by Gasteiger charge is -2.26. The van der Waals surface area contributed by atoms with E-state index in [1.807, 2.05) is 6.92 Å². The fraction of sp³-hybridized carbons (Fsp3) is 0.529. The molecule has 0 unspecified atom stereocenters. The van der Waals surface area contributed by atoms with Gasteiger partial charge in [0.05, 0.1) is 0 Å². The molecule has 0 amide bonds. The van der Waals surface area contributed by atoms with Crippen molar-refractivity contribution in [2.45, 2.75) is 39.5 Å². The highest BCUT2D eigenvalue weighted by Gasteiger charge is 2.17. The van der Waals surface area contributed by atoms with Gasteiger partial charge >= 0.3 is 0 Å². The maximum atomic E-state index is 4.39. The minimum Gasteiger partial charge on any atom is -0.385 e. The molecular weight excluding hydrogens is 260 g/mol. The molecule has 1 saturated carbocycles. The van der Waals surface area contributed by atoms with E-state index in [1.54, 1.807) is 0 Å². The number of aryl methyl sites for hydroxylation is 1. The highest BCUT2D eigenvalue weighted by molar-refractivity contribution is 5.62. The molecule has 0 bridgehead atoms. The van der Waals surface area contributed by atoms with Crippen molar-refractivity contribution in [3.8, 4) is 11.4 Å². The van der Waals surface area contributed by atoms with E-state index in [1.165, 1.54) is 25.7 Å². The molecular formula is C17H24N4. The van der Waals surface area contributed by atoms with Gasteiger partial charge in [0.2, 0.25) is 0 Å². The number of anilines is 1. The monoisotopic (exact) mass is 284 g/mol. The van der Waals surface area contributed by atoms with Crippen LogP contribution in [-0.4, -0.2) is 21.7 Å². The van der Waals surface area contributed by atoms with Gasteiger partial charge in [-0.1, -0.05) is 31.9 Å². The summed E-state index contributed by atoms with van der Waals surface area (Å²) in [5.74, 6) is 3.34. The lowest BCUT2D eigenvalue weighted by molar-refractivity contribution is 0.300. The van der Waals surface area contributed by atoms with Crippen molar-refractivity contribution in [3.05, 3.63) is 30.1 Å². The van der Waals surface area contributed by atoms with Crippen LogP contribution in [0.4, 0.5) is 5.69 Å². The molecule has 4 nitrogen and oxygen atoms in total. The SMILES string of the molecule is Cc1nc(-c2cccc(NCC3CCC(C)CC3)c2)n[nH]1. The normalized spacial score (nSPS) is 22.2. The number of nitrogens with zero attached hydrogens (tertiary/aromatic N) is 2. The van der Waals surface area contributed by atoms with Crippen LogP contribution in [0.3, 0.4) is 0 Å². The Morgan fingerprint density at radius 2 is 2.05 bits per heavy atom. The average molecular weight is 284 g/mol. The number of rotatable bonds is 4. The molecule has 0 spiro atoms. The average Bonchev–Trinajstić information content (AvgIpc) is 2.94. The second kappa shape index (κ2) is 6.29. The maximum absolute atomic E-state index is 4.39. The van der Waals surface area contributed by atoms with E-state index >= 15 is 0 Å². The van der Waals surface area contributed by atoms with Crippen LogP contribution in [0.15, 0.2) is 24.3 Å². The molecule has 1 aromatic carbocycles. The number of benzene rings is 1. The fourth-order valence-electron chi connectivity index (χ4n) is 3.04. The van der Waals surface area contributed by atoms with E-state index in [0.29, 0.717) is 0 Å². The van der Waals surface area contributed by atoms with Crippen LogP contribution >= 0.6 is 0 Å². The molecule has 3 rings (SSSR count). The van der Waals surface area contributed by atoms with E-state index in [-0.39, 0.29) is 0 Å². The molecule has 0 atom stereocenters. The second-order valence-electron chi connectivity index (χ2n) is 6.33. The van der Waals surface area contributed by atoms with Crippen LogP contribution in [0.5, 0.6) is 0 Å². The van der Waals surface area contributed by atoms with Gasteiger partial charge in [0.1, 0.15) is 5.82 Å². The quantitative estimate of drug-likeness (QED) is 0.891. The molecule has 112 valence electrons. The van der Waals surface area contributed by atoms with E-state index in [9.17, 15) is 0 Å². The Morgan fingerprint density at radius 3 is 2.76 bits per heavy atom. The fourth-order valence-corrected chi connectivity index (χ4v) is 3.04. The zero-order valence-corrected chi connectivity index (χ0v) is 12.9. The van der Waals surface area contributed by atoms with E-state index in [2.05, 4.69) is 51.7 Å². The molecule has 2 N–H and O–H groups in total. The molecule has 1 aliphatic rings. The molecule has 21 heavy (non-hydrogen) atoms. The predicted octanol–water partition coefficient (Wildman–Crippen LogP) is 4.02. The number of nitrogens with one attached hydrogen (secondary N) is 2. The second-order valence-corrected chi connectivity index (χ2v) is 6.33. The largest absolute Gasteiger partial charge is 0.385 e. The first kappa shape index (κ1) is 14.1. The standard InChI is InChI=1S/C17H24N4/c1-12-6-8-14(9-7-12)11-18-16-5-3-4-15(10-16)17-19-13(2)20-21-17/h3-5,10,12,14,18H,6-9,11H2,1-2H3,(H,19,20,21). The Bertz CT molecular complexity index is 582. The first-order valence-electron chi connectivity index (χ1n) is 7.94. The van der Waals surface area contributed by atoms with Gasteiger partial charge in [-0.2, -0.15) is 5.10 Å². The van der Waals surface area contributed by atoms with E-state index in [0.717, 1.165) is 41.3 Å². The van der Waals surface area contributed by atoms with Gasteiger partial charge < -0.3 is 5.32 Å². The highest BCUT2D eigenvalue weighted by atomic mass is 15.2.